The molecule has 0 spiro atoms. The van der Waals surface area contributed by atoms with E-state index in [4.69, 9.17) is 0 Å². The van der Waals surface area contributed by atoms with Crippen LogP contribution in [0.1, 0.15) is 138 Å². The zero-order valence-corrected chi connectivity index (χ0v) is 39.5. The zero-order chi connectivity index (χ0) is 47.1. The van der Waals surface area contributed by atoms with Crippen LogP contribution in [0, 0.1) is 11.8 Å². The van der Waals surface area contributed by atoms with Gasteiger partial charge in [-0.25, -0.2) is 0 Å². The Labute approximate surface area is 383 Å². The highest BCUT2D eigenvalue weighted by atomic mass is 16.2. The van der Waals surface area contributed by atoms with Gasteiger partial charge in [0, 0.05) is 24.3 Å². The van der Waals surface area contributed by atoms with Crippen molar-refractivity contribution in [3.05, 3.63) is 64.2 Å². The molecule has 8 atom stereocenters. The first kappa shape index (κ1) is 49.1. The third-order valence-corrected chi connectivity index (χ3v) is 13.9. The molecule has 6 rings (SSSR count). The molecule has 2 aromatic rings. The van der Waals surface area contributed by atoms with Crippen molar-refractivity contribution in [2.24, 2.45) is 11.8 Å². The van der Waals surface area contributed by atoms with Crippen molar-refractivity contribution in [3.8, 4) is 0 Å². The lowest BCUT2D eigenvalue weighted by molar-refractivity contribution is -0.142. The number of benzene rings is 2. The molecule has 65 heavy (non-hydrogen) atoms. The standard InChI is InChI=1S/C49H71N9O7/c1-27(2)41(55-43(59)29(5)50-7)48(64)57-25-13-23-39(57)46(62)53-36-20-10-15-31-32(36)16-9-19-35(31)45(61)52-37-21-11-18-34-33(37)17-12-22-38(34)54-47(63)40-24-14-26-58(40)49(65)42(28(3)4)56-44(60)30(6)51-8/h9,11,16,18-19,21,27-30,36,38-42,50-51H,10,12-15,17,20,22-26H2,1-8H3,(H,52,61)(H,53,62)(H,54,63)(H,55,59)(H,56,60)/t29?,30?,36-,38-,39+,40+,41?,42?/m1/s1. The Hall–Kier alpha value is -5.35. The molecule has 7 N–H and O–H groups in total. The van der Waals surface area contributed by atoms with Crippen LogP contribution in [0.3, 0.4) is 0 Å². The van der Waals surface area contributed by atoms with E-state index in [0.29, 0.717) is 75.7 Å². The SMILES string of the molecule is CNC(C)C(=O)NC(C(=O)N1CCC[C@H]1C(=O)N[C@@H]1CCCc2c(NC(=O)c3cccc4c3CCC[C@H]4NC(=O)[C@@H]3CCCN3C(=O)C(NC(=O)C(C)NC)C(C)C)cccc21)C(C)C. The fourth-order valence-electron chi connectivity index (χ4n) is 9.86. The predicted molar refractivity (Wildman–Crippen MR) is 249 cm³/mol. The minimum atomic E-state index is -0.763. The van der Waals surface area contributed by atoms with Gasteiger partial charge < -0.3 is 47.0 Å². The van der Waals surface area contributed by atoms with Crippen LogP contribution in [-0.2, 0) is 41.6 Å². The number of hydrogen-bond acceptors (Lipinski definition) is 9. The number of likely N-dealkylation sites (tertiary alicyclic amines) is 2. The monoisotopic (exact) mass is 898 g/mol. The summed E-state index contributed by atoms with van der Waals surface area (Å²) in [6.45, 7) is 11.8. The van der Waals surface area contributed by atoms with Gasteiger partial charge in [0.1, 0.15) is 24.2 Å². The van der Waals surface area contributed by atoms with E-state index >= 15 is 0 Å². The summed E-state index contributed by atoms with van der Waals surface area (Å²) in [5.41, 5.74) is 4.86. The summed E-state index contributed by atoms with van der Waals surface area (Å²) in [5.74, 6) is -2.15. The van der Waals surface area contributed by atoms with Gasteiger partial charge in [-0.05, 0) is 138 Å². The minimum absolute atomic E-state index is 0.173. The molecular formula is C49H71N9O7. The van der Waals surface area contributed by atoms with Crippen molar-refractivity contribution in [3.63, 3.8) is 0 Å². The number of carbonyl (C=O) groups excluding carboxylic acids is 7. The molecule has 0 aromatic heterocycles. The molecule has 0 bridgehead atoms. The minimum Gasteiger partial charge on any atom is -0.347 e. The number of hydrogen-bond donors (Lipinski definition) is 7. The van der Waals surface area contributed by atoms with Crippen LogP contribution in [0.2, 0.25) is 0 Å². The highest BCUT2D eigenvalue weighted by Crippen LogP contribution is 2.37. The van der Waals surface area contributed by atoms with E-state index in [1.54, 1.807) is 37.7 Å². The average molecular weight is 898 g/mol. The molecule has 0 saturated carbocycles. The van der Waals surface area contributed by atoms with E-state index in [2.05, 4.69) is 37.2 Å². The number of fused-ring (bicyclic) bond motifs is 2. The molecule has 2 saturated heterocycles. The summed E-state index contributed by atoms with van der Waals surface area (Å²) in [6.07, 6.45) is 6.74. The fourth-order valence-corrected chi connectivity index (χ4v) is 9.86. The smallest absolute Gasteiger partial charge is 0.255 e. The highest BCUT2D eigenvalue weighted by Gasteiger charge is 2.42. The van der Waals surface area contributed by atoms with E-state index in [9.17, 15) is 33.6 Å². The Morgan fingerprint density at radius 2 is 1.02 bits per heavy atom. The molecule has 4 unspecified atom stereocenters. The molecule has 2 aliphatic heterocycles. The van der Waals surface area contributed by atoms with E-state index in [0.717, 1.165) is 35.1 Å². The van der Waals surface area contributed by atoms with Crippen LogP contribution < -0.4 is 37.2 Å². The van der Waals surface area contributed by atoms with Crippen molar-refractivity contribution in [2.45, 2.75) is 154 Å². The number of anilines is 1. The van der Waals surface area contributed by atoms with Gasteiger partial charge in [-0.2, -0.15) is 0 Å². The molecule has 2 heterocycles. The average Bonchev–Trinajstić information content (AvgIpc) is 4.00. The molecule has 2 fully saturated rings. The third kappa shape index (κ3) is 11.0. The van der Waals surface area contributed by atoms with E-state index in [-0.39, 0.29) is 65.3 Å². The number of nitrogens with one attached hydrogen (secondary N) is 7. The molecule has 0 radical (unpaired) electrons. The summed E-state index contributed by atoms with van der Waals surface area (Å²) >= 11 is 0. The number of rotatable bonds is 16. The Bertz CT molecular complexity index is 2110. The summed E-state index contributed by atoms with van der Waals surface area (Å²) in [6, 6.07) is 6.93. The summed E-state index contributed by atoms with van der Waals surface area (Å²) < 4.78 is 0. The van der Waals surface area contributed by atoms with Gasteiger partial charge in [-0.3, -0.25) is 33.6 Å². The van der Waals surface area contributed by atoms with Crippen LogP contribution >= 0.6 is 0 Å². The van der Waals surface area contributed by atoms with Crippen molar-refractivity contribution < 1.29 is 33.6 Å². The molecule has 7 amide bonds. The first-order valence-corrected chi connectivity index (χ1v) is 23.8. The number of likely N-dealkylation sites (N-methyl/N-ethyl adjacent to an activating group) is 2. The van der Waals surface area contributed by atoms with Crippen molar-refractivity contribution in [2.75, 3.05) is 32.5 Å². The van der Waals surface area contributed by atoms with Crippen molar-refractivity contribution >= 4 is 47.0 Å². The predicted octanol–water partition coefficient (Wildman–Crippen LogP) is 3.41. The summed E-state index contributed by atoms with van der Waals surface area (Å²) in [5, 5.41) is 21.3. The Morgan fingerprint density at radius 1 is 0.569 bits per heavy atom. The summed E-state index contributed by atoms with van der Waals surface area (Å²) in [4.78, 5) is 98.7. The van der Waals surface area contributed by atoms with E-state index in [1.807, 2.05) is 64.1 Å². The highest BCUT2D eigenvalue weighted by molar-refractivity contribution is 6.06. The second-order valence-electron chi connectivity index (χ2n) is 19.0. The second-order valence-corrected chi connectivity index (χ2v) is 19.0. The van der Waals surface area contributed by atoms with Crippen LogP contribution in [0.4, 0.5) is 5.69 Å². The topological polar surface area (TPSA) is 210 Å². The Kier molecular flexibility index (Phi) is 16.4. The first-order chi connectivity index (χ1) is 31.1. The van der Waals surface area contributed by atoms with Gasteiger partial charge in [0.2, 0.25) is 35.4 Å². The number of nitrogens with zero attached hydrogens (tertiary/aromatic N) is 2. The quantitative estimate of drug-likeness (QED) is 0.132. The third-order valence-electron chi connectivity index (χ3n) is 13.9. The van der Waals surface area contributed by atoms with Gasteiger partial charge in [0.05, 0.1) is 24.2 Å². The largest absolute Gasteiger partial charge is 0.347 e. The molecule has 4 aliphatic rings. The lowest BCUT2D eigenvalue weighted by Gasteiger charge is -2.33. The number of carbonyl (C=O) groups is 7. The molecule has 16 nitrogen and oxygen atoms in total. The lowest BCUT2D eigenvalue weighted by Crippen LogP contribution is -2.57. The van der Waals surface area contributed by atoms with Crippen LogP contribution in [-0.4, -0.2) is 115 Å². The molecular weight excluding hydrogens is 827 g/mol. The lowest BCUT2D eigenvalue weighted by atomic mass is 9.84. The van der Waals surface area contributed by atoms with Gasteiger partial charge in [-0.1, -0.05) is 52.0 Å². The molecule has 2 aliphatic carbocycles. The van der Waals surface area contributed by atoms with E-state index < -0.39 is 36.3 Å². The van der Waals surface area contributed by atoms with Crippen molar-refractivity contribution in [1.29, 1.82) is 0 Å². The maximum absolute atomic E-state index is 14.2. The van der Waals surface area contributed by atoms with Crippen LogP contribution in [0.25, 0.3) is 0 Å². The van der Waals surface area contributed by atoms with Gasteiger partial charge in [0.25, 0.3) is 5.91 Å². The number of amides is 7. The molecule has 354 valence electrons. The second kappa shape index (κ2) is 21.8. The van der Waals surface area contributed by atoms with Gasteiger partial charge in [0.15, 0.2) is 0 Å². The van der Waals surface area contributed by atoms with Gasteiger partial charge in [-0.15, -0.1) is 0 Å². The maximum atomic E-state index is 14.2. The Morgan fingerprint density at radius 3 is 1.48 bits per heavy atom. The van der Waals surface area contributed by atoms with E-state index in [1.165, 1.54) is 0 Å². The maximum Gasteiger partial charge on any atom is 0.255 e. The Balaban J connectivity index is 1.13. The normalized spacial score (nSPS) is 22.2. The fraction of sp³-hybridized carbons (Fsp3) is 0.612. The zero-order valence-electron chi connectivity index (χ0n) is 39.5. The van der Waals surface area contributed by atoms with Crippen LogP contribution in [0.5, 0.6) is 0 Å². The first-order valence-electron chi connectivity index (χ1n) is 23.8. The van der Waals surface area contributed by atoms with Crippen LogP contribution in [0.15, 0.2) is 36.4 Å². The van der Waals surface area contributed by atoms with Gasteiger partial charge >= 0.3 is 0 Å². The molecule has 16 heteroatoms. The van der Waals surface area contributed by atoms with Crippen molar-refractivity contribution in [1.82, 2.24) is 41.7 Å². The summed E-state index contributed by atoms with van der Waals surface area (Å²) in [7, 11) is 3.37. The molecule has 2 aromatic carbocycles.